The van der Waals surface area contributed by atoms with Crippen LogP contribution in [0.25, 0.3) is 43.6 Å². The summed E-state index contributed by atoms with van der Waals surface area (Å²) in [6.07, 6.45) is -5.74. The lowest BCUT2D eigenvalue weighted by atomic mass is 9.95. The maximum Gasteiger partial charge on any atom is 0.111 e. The molecule has 5 aromatic rings. The van der Waals surface area contributed by atoms with E-state index in [1.54, 1.807) is 0 Å². The summed E-state index contributed by atoms with van der Waals surface area (Å²) in [5.74, 6) is 0. The number of nitrogens with zero attached hydrogens (tertiary/aromatic N) is 1. The van der Waals surface area contributed by atoms with E-state index >= 15 is 0 Å². The highest BCUT2D eigenvalue weighted by atomic mass is 16.5. The average Bonchev–Trinajstić information content (AvgIpc) is 3.33. The third-order valence-electron chi connectivity index (χ3n) is 6.75. The lowest BCUT2D eigenvalue weighted by molar-refractivity contribution is -0.231. The maximum absolute atomic E-state index is 10.6. The second-order valence-electron chi connectivity index (χ2n) is 8.58. The van der Waals surface area contributed by atoms with Crippen LogP contribution in [0.1, 0.15) is 0 Å². The number of aliphatic hydroxyl groups excluding tert-OH is 4. The largest absolute Gasteiger partial charge is 0.394 e. The first-order valence-corrected chi connectivity index (χ1v) is 10.8. The van der Waals surface area contributed by atoms with Crippen molar-refractivity contribution in [3.05, 3.63) is 60.7 Å². The van der Waals surface area contributed by atoms with Gasteiger partial charge in [0.15, 0.2) is 0 Å². The van der Waals surface area contributed by atoms with Crippen LogP contribution in [0.15, 0.2) is 60.7 Å². The summed E-state index contributed by atoms with van der Waals surface area (Å²) in [5.41, 5.74) is 4.09. The monoisotopic (exact) mass is 432 g/mol. The Kier molecular flexibility index (Phi) is 4.50. The standard InChI is InChI=1S/C25H24N2O5/c28-12-22-24(30)25(31)23(29)21(32-22)11-27-19-8-4-2-6-14(19)16-9-18-15(10-20(16)27)13-5-1-3-7-17(13)26-18/h1-10,21-26,28-31H,11-12H2/t21-,22+,23-,24+,25+/m0/s1. The van der Waals surface area contributed by atoms with Gasteiger partial charge in [0.05, 0.1) is 13.2 Å². The minimum atomic E-state index is -1.39. The van der Waals surface area contributed by atoms with E-state index in [1.165, 1.54) is 0 Å². The highest BCUT2D eigenvalue weighted by molar-refractivity contribution is 6.17. The average molecular weight is 432 g/mol. The lowest BCUT2D eigenvalue weighted by Gasteiger charge is -2.40. The molecular formula is C25H24N2O5. The normalized spacial score (nSPS) is 26.6. The smallest absolute Gasteiger partial charge is 0.111 e. The van der Waals surface area contributed by atoms with E-state index in [9.17, 15) is 20.4 Å². The number of benzene rings is 3. The van der Waals surface area contributed by atoms with Gasteiger partial charge in [0.2, 0.25) is 0 Å². The molecule has 1 saturated heterocycles. The summed E-state index contributed by atoms with van der Waals surface area (Å²) in [6, 6.07) is 20.5. The van der Waals surface area contributed by atoms with Gasteiger partial charge in [0, 0.05) is 43.6 Å². The Morgan fingerprint density at radius 2 is 1.44 bits per heavy atom. The van der Waals surface area contributed by atoms with Crippen LogP contribution in [0.4, 0.5) is 0 Å². The fourth-order valence-corrected chi connectivity index (χ4v) is 5.10. The van der Waals surface area contributed by atoms with Crippen molar-refractivity contribution in [3.8, 4) is 0 Å². The molecule has 6 rings (SSSR count). The number of aliphatic hydroxyl groups is 4. The summed E-state index contributed by atoms with van der Waals surface area (Å²) in [5, 5.41) is 44.9. The first-order chi connectivity index (χ1) is 15.6. The van der Waals surface area contributed by atoms with Gasteiger partial charge in [0.1, 0.15) is 30.5 Å². The van der Waals surface area contributed by atoms with Gasteiger partial charge < -0.3 is 34.7 Å². The van der Waals surface area contributed by atoms with E-state index in [-0.39, 0.29) is 6.54 Å². The Balaban J connectivity index is 1.55. The summed E-state index contributed by atoms with van der Waals surface area (Å²) in [6.45, 7) is -0.177. The first kappa shape index (κ1) is 19.7. The zero-order chi connectivity index (χ0) is 22.0. The predicted octanol–water partition coefficient (Wildman–Crippen LogP) is 2.27. The number of para-hydroxylation sites is 2. The fourth-order valence-electron chi connectivity index (χ4n) is 5.10. The molecular weight excluding hydrogens is 408 g/mol. The van der Waals surface area contributed by atoms with Crippen LogP contribution >= 0.6 is 0 Å². The molecule has 0 bridgehead atoms. The molecule has 0 radical (unpaired) electrons. The molecule has 5 N–H and O–H groups in total. The van der Waals surface area contributed by atoms with E-state index in [1.807, 2.05) is 30.3 Å². The Hall–Kier alpha value is -2.94. The number of hydrogen-bond donors (Lipinski definition) is 5. The van der Waals surface area contributed by atoms with Crippen LogP contribution in [-0.2, 0) is 11.3 Å². The third kappa shape index (κ3) is 2.80. The molecule has 5 atom stereocenters. The molecule has 7 nitrogen and oxygen atoms in total. The van der Waals surface area contributed by atoms with Gasteiger partial charge in [-0.25, -0.2) is 0 Å². The van der Waals surface area contributed by atoms with E-state index in [4.69, 9.17) is 4.74 Å². The summed E-state index contributed by atoms with van der Waals surface area (Å²) in [7, 11) is 0. The van der Waals surface area contributed by atoms with E-state index in [0.717, 1.165) is 43.6 Å². The van der Waals surface area contributed by atoms with E-state index in [2.05, 4.69) is 39.9 Å². The lowest BCUT2D eigenvalue weighted by Crippen LogP contribution is -2.59. The predicted molar refractivity (Wildman–Crippen MR) is 123 cm³/mol. The summed E-state index contributed by atoms with van der Waals surface area (Å²) in [4.78, 5) is 3.49. The van der Waals surface area contributed by atoms with Gasteiger partial charge in [-0.3, -0.25) is 0 Å². The van der Waals surface area contributed by atoms with Crippen LogP contribution in [0.3, 0.4) is 0 Å². The van der Waals surface area contributed by atoms with Gasteiger partial charge in [-0.15, -0.1) is 0 Å². The first-order valence-electron chi connectivity index (χ1n) is 10.8. The number of fused-ring (bicyclic) bond motifs is 6. The Morgan fingerprint density at radius 3 is 2.25 bits per heavy atom. The minimum Gasteiger partial charge on any atom is -0.394 e. The van der Waals surface area contributed by atoms with Crippen LogP contribution in [0.2, 0.25) is 0 Å². The zero-order valence-electron chi connectivity index (χ0n) is 17.2. The molecule has 0 amide bonds. The van der Waals surface area contributed by atoms with Crippen molar-refractivity contribution in [1.82, 2.24) is 9.55 Å². The van der Waals surface area contributed by atoms with Crippen molar-refractivity contribution >= 4 is 43.6 Å². The van der Waals surface area contributed by atoms with Crippen molar-refractivity contribution in [2.75, 3.05) is 6.61 Å². The molecule has 164 valence electrons. The van der Waals surface area contributed by atoms with Crippen molar-refractivity contribution < 1.29 is 25.2 Å². The van der Waals surface area contributed by atoms with E-state index in [0.29, 0.717) is 0 Å². The van der Waals surface area contributed by atoms with Crippen LogP contribution in [0.5, 0.6) is 0 Å². The number of ether oxygens (including phenoxy) is 1. The Morgan fingerprint density at radius 1 is 0.719 bits per heavy atom. The van der Waals surface area contributed by atoms with Crippen LogP contribution in [-0.4, -0.2) is 67.1 Å². The quantitative estimate of drug-likeness (QED) is 0.300. The Labute approximate surface area is 183 Å². The molecule has 0 unspecified atom stereocenters. The van der Waals surface area contributed by atoms with Crippen molar-refractivity contribution in [2.45, 2.75) is 37.1 Å². The van der Waals surface area contributed by atoms with Gasteiger partial charge in [-0.2, -0.15) is 0 Å². The molecule has 1 aliphatic rings. The van der Waals surface area contributed by atoms with Gasteiger partial charge in [0.25, 0.3) is 0 Å². The van der Waals surface area contributed by atoms with Crippen molar-refractivity contribution in [1.29, 1.82) is 0 Å². The molecule has 0 aliphatic carbocycles. The van der Waals surface area contributed by atoms with E-state index < -0.39 is 37.1 Å². The number of aromatic nitrogens is 2. The second kappa shape index (κ2) is 7.30. The van der Waals surface area contributed by atoms with Crippen LogP contribution in [0, 0.1) is 0 Å². The van der Waals surface area contributed by atoms with Gasteiger partial charge >= 0.3 is 0 Å². The number of hydrogen-bond acceptors (Lipinski definition) is 5. The Bertz CT molecular complexity index is 1450. The maximum atomic E-state index is 10.6. The fraction of sp³-hybridized carbons (Fsp3) is 0.280. The number of aromatic amines is 1. The third-order valence-corrected chi connectivity index (χ3v) is 6.75. The second-order valence-corrected chi connectivity index (χ2v) is 8.58. The molecule has 3 heterocycles. The summed E-state index contributed by atoms with van der Waals surface area (Å²) < 4.78 is 7.89. The van der Waals surface area contributed by atoms with Crippen LogP contribution < -0.4 is 0 Å². The number of rotatable bonds is 3. The topological polar surface area (TPSA) is 111 Å². The molecule has 32 heavy (non-hydrogen) atoms. The van der Waals surface area contributed by atoms with Crippen molar-refractivity contribution in [2.24, 2.45) is 0 Å². The molecule has 1 aliphatic heterocycles. The molecule has 0 spiro atoms. The number of nitrogens with one attached hydrogen (secondary N) is 1. The molecule has 1 fully saturated rings. The number of H-pyrrole nitrogens is 1. The molecule has 3 aromatic carbocycles. The SMILES string of the molecule is OC[C@H]1O[C@@H](Cn2c3ccccc3c3cc4[nH]c5ccccc5c4cc32)[C@H](O)[C@@H](O)[C@@H]1O. The summed E-state index contributed by atoms with van der Waals surface area (Å²) >= 11 is 0. The van der Waals surface area contributed by atoms with Crippen molar-refractivity contribution in [3.63, 3.8) is 0 Å². The minimum absolute atomic E-state index is 0.263. The van der Waals surface area contributed by atoms with Gasteiger partial charge in [-0.05, 0) is 24.3 Å². The van der Waals surface area contributed by atoms with Gasteiger partial charge in [-0.1, -0.05) is 36.4 Å². The highest BCUT2D eigenvalue weighted by Gasteiger charge is 2.43. The highest BCUT2D eigenvalue weighted by Crippen LogP contribution is 2.36. The molecule has 7 heteroatoms. The molecule has 2 aromatic heterocycles. The molecule has 0 saturated carbocycles. The zero-order valence-corrected chi connectivity index (χ0v) is 17.2.